The smallest absolute Gasteiger partial charge is 0.200 e. The molecular weight excluding hydrogens is 398 g/mol. The highest BCUT2D eigenvalue weighted by atomic mass is 16.6. The van der Waals surface area contributed by atoms with Gasteiger partial charge in [-0.1, -0.05) is 18.2 Å². The zero-order valence-corrected chi connectivity index (χ0v) is 17.2. The van der Waals surface area contributed by atoms with Gasteiger partial charge in [-0.15, -0.1) is 0 Å². The molecule has 1 aliphatic rings. The molecular formula is C24H23NO6. The van der Waals surface area contributed by atoms with E-state index in [-0.39, 0.29) is 23.9 Å². The average Bonchev–Trinajstić information content (AvgIpc) is 2.82. The minimum Gasteiger partial charge on any atom is -0.502 e. The lowest BCUT2D eigenvalue weighted by Crippen LogP contribution is -2.36. The fraction of sp³-hybridized carbons (Fsp3) is 0.208. The number of pyridine rings is 1. The first-order chi connectivity index (χ1) is 15.1. The Hall–Kier alpha value is -3.71. The summed E-state index contributed by atoms with van der Waals surface area (Å²) in [5, 5.41) is 20.1. The molecule has 0 aliphatic carbocycles. The van der Waals surface area contributed by atoms with Crippen molar-refractivity contribution in [2.45, 2.75) is 12.2 Å². The maximum absolute atomic E-state index is 10.2. The van der Waals surface area contributed by atoms with Crippen LogP contribution in [0.4, 0.5) is 0 Å². The van der Waals surface area contributed by atoms with Crippen LogP contribution in [0.15, 0.2) is 54.7 Å². The second kappa shape index (κ2) is 8.97. The van der Waals surface area contributed by atoms with E-state index in [2.05, 4.69) is 4.98 Å². The summed E-state index contributed by atoms with van der Waals surface area (Å²) in [5.74, 6) is 1.47. The number of fused-ring (bicyclic) bond motifs is 1. The molecule has 7 heteroatoms. The third-order valence-electron chi connectivity index (χ3n) is 4.98. The third-order valence-corrected chi connectivity index (χ3v) is 4.98. The fourth-order valence-electron chi connectivity index (χ4n) is 3.41. The monoisotopic (exact) mass is 421 g/mol. The Morgan fingerprint density at radius 3 is 2.39 bits per heavy atom. The molecule has 1 aromatic heterocycles. The van der Waals surface area contributed by atoms with Crippen LogP contribution < -0.4 is 18.9 Å². The molecule has 0 bridgehead atoms. The molecule has 160 valence electrons. The number of aromatic hydroxyl groups is 1. The van der Waals surface area contributed by atoms with Crippen molar-refractivity contribution in [3.8, 4) is 28.7 Å². The van der Waals surface area contributed by atoms with Crippen molar-refractivity contribution >= 4 is 12.2 Å². The van der Waals surface area contributed by atoms with E-state index in [1.165, 1.54) is 14.2 Å². The van der Waals surface area contributed by atoms with Crippen molar-refractivity contribution in [1.29, 1.82) is 0 Å². The topological polar surface area (TPSA) is 90.3 Å². The maximum atomic E-state index is 10.2. The van der Waals surface area contributed by atoms with Gasteiger partial charge in [0.25, 0.3) is 0 Å². The summed E-state index contributed by atoms with van der Waals surface area (Å²) in [6.07, 6.45) is 4.32. The van der Waals surface area contributed by atoms with Crippen LogP contribution in [0.5, 0.6) is 28.7 Å². The van der Waals surface area contributed by atoms with Gasteiger partial charge in [0.2, 0.25) is 5.75 Å². The Kier molecular flexibility index (Phi) is 5.95. The number of phenols is 1. The van der Waals surface area contributed by atoms with Gasteiger partial charge in [0.1, 0.15) is 0 Å². The molecule has 2 atom stereocenters. The number of aliphatic hydroxyl groups is 1. The molecule has 0 radical (unpaired) electrons. The van der Waals surface area contributed by atoms with Crippen molar-refractivity contribution in [2.75, 3.05) is 20.8 Å². The average molecular weight is 421 g/mol. The largest absolute Gasteiger partial charge is 0.502 e. The van der Waals surface area contributed by atoms with E-state index < -0.39 is 12.2 Å². The highest BCUT2D eigenvalue weighted by molar-refractivity contribution is 5.69. The molecule has 0 spiro atoms. The van der Waals surface area contributed by atoms with Gasteiger partial charge in [-0.05, 0) is 48.0 Å². The predicted molar refractivity (Wildman–Crippen MR) is 116 cm³/mol. The van der Waals surface area contributed by atoms with E-state index >= 15 is 0 Å². The molecule has 0 saturated carbocycles. The van der Waals surface area contributed by atoms with Gasteiger partial charge < -0.3 is 29.2 Å². The second-order valence-electron chi connectivity index (χ2n) is 6.95. The van der Waals surface area contributed by atoms with E-state index in [1.807, 2.05) is 48.6 Å². The van der Waals surface area contributed by atoms with Gasteiger partial charge in [-0.25, -0.2) is 0 Å². The number of rotatable bonds is 6. The van der Waals surface area contributed by atoms with Crippen molar-refractivity contribution in [2.24, 2.45) is 0 Å². The zero-order valence-electron chi connectivity index (χ0n) is 17.2. The van der Waals surface area contributed by atoms with Crippen LogP contribution in [0.1, 0.15) is 22.9 Å². The SMILES string of the molecule is COc1cc([C@@H]2Oc3cc(/C=C/c4ccccn4)ccc3O[C@H]2CO)cc(OC)c1O. The van der Waals surface area contributed by atoms with Crippen molar-refractivity contribution in [3.05, 3.63) is 71.5 Å². The van der Waals surface area contributed by atoms with Crippen LogP contribution in [-0.2, 0) is 0 Å². The highest BCUT2D eigenvalue weighted by Crippen LogP contribution is 2.44. The van der Waals surface area contributed by atoms with Crippen LogP contribution in [0.3, 0.4) is 0 Å². The number of ether oxygens (including phenoxy) is 4. The zero-order chi connectivity index (χ0) is 21.8. The normalized spacial score (nSPS) is 17.5. The van der Waals surface area contributed by atoms with Gasteiger partial charge in [-0.2, -0.15) is 0 Å². The lowest BCUT2D eigenvalue weighted by atomic mass is 10.0. The van der Waals surface area contributed by atoms with Crippen LogP contribution in [0, 0.1) is 0 Å². The summed E-state index contributed by atoms with van der Waals surface area (Å²) in [4.78, 5) is 4.28. The Balaban J connectivity index is 1.66. The molecule has 2 N–H and O–H groups in total. The molecule has 0 unspecified atom stereocenters. The van der Waals surface area contributed by atoms with Gasteiger partial charge in [0, 0.05) is 11.8 Å². The van der Waals surface area contributed by atoms with E-state index in [0.717, 1.165) is 11.3 Å². The van der Waals surface area contributed by atoms with Gasteiger partial charge >= 0.3 is 0 Å². The minimum atomic E-state index is -0.638. The summed E-state index contributed by atoms with van der Waals surface area (Å²) in [6.45, 7) is -0.253. The second-order valence-corrected chi connectivity index (χ2v) is 6.95. The Labute approximate surface area is 180 Å². The summed E-state index contributed by atoms with van der Waals surface area (Å²) < 4.78 is 22.7. The molecule has 0 amide bonds. The molecule has 7 nitrogen and oxygen atoms in total. The highest BCUT2D eigenvalue weighted by Gasteiger charge is 2.34. The van der Waals surface area contributed by atoms with Gasteiger partial charge in [-0.3, -0.25) is 4.98 Å². The van der Waals surface area contributed by atoms with E-state index in [0.29, 0.717) is 17.1 Å². The Morgan fingerprint density at radius 1 is 0.968 bits per heavy atom. The Morgan fingerprint density at radius 2 is 1.74 bits per heavy atom. The molecule has 1 aliphatic heterocycles. The number of aromatic nitrogens is 1. The molecule has 4 rings (SSSR count). The van der Waals surface area contributed by atoms with E-state index in [1.54, 1.807) is 18.3 Å². The summed E-state index contributed by atoms with van der Waals surface area (Å²) in [5.41, 5.74) is 2.40. The van der Waals surface area contributed by atoms with Gasteiger partial charge in [0.05, 0.1) is 26.5 Å². The van der Waals surface area contributed by atoms with Crippen molar-refractivity contribution in [3.63, 3.8) is 0 Å². The van der Waals surface area contributed by atoms with E-state index in [4.69, 9.17) is 18.9 Å². The van der Waals surface area contributed by atoms with Crippen LogP contribution >= 0.6 is 0 Å². The maximum Gasteiger partial charge on any atom is 0.200 e. The van der Waals surface area contributed by atoms with Crippen molar-refractivity contribution < 1.29 is 29.2 Å². The first-order valence-corrected chi connectivity index (χ1v) is 9.75. The van der Waals surface area contributed by atoms with E-state index in [9.17, 15) is 10.2 Å². The molecule has 2 aromatic carbocycles. The molecule has 31 heavy (non-hydrogen) atoms. The van der Waals surface area contributed by atoms with Crippen molar-refractivity contribution in [1.82, 2.24) is 4.98 Å². The first-order valence-electron chi connectivity index (χ1n) is 9.75. The number of aliphatic hydroxyl groups excluding tert-OH is 1. The molecule has 2 heterocycles. The number of benzene rings is 2. The van der Waals surface area contributed by atoms with Crippen LogP contribution in [-0.4, -0.2) is 42.1 Å². The minimum absolute atomic E-state index is 0.103. The molecule has 3 aromatic rings. The summed E-state index contributed by atoms with van der Waals surface area (Å²) in [6, 6.07) is 14.6. The van der Waals surface area contributed by atoms with Gasteiger partial charge in [0.15, 0.2) is 35.2 Å². The quantitative estimate of drug-likeness (QED) is 0.625. The lowest BCUT2D eigenvalue weighted by Gasteiger charge is -2.33. The fourth-order valence-corrected chi connectivity index (χ4v) is 3.41. The lowest BCUT2D eigenvalue weighted by molar-refractivity contribution is -0.0124. The third kappa shape index (κ3) is 4.27. The molecule has 0 fully saturated rings. The number of methoxy groups -OCH3 is 2. The van der Waals surface area contributed by atoms with Crippen LogP contribution in [0.2, 0.25) is 0 Å². The van der Waals surface area contributed by atoms with Crippen LogP contribution in [0.25, 0.3) is 12.2 Å². The predicted octanol–water partition coefficient (Wildman–Crippen LogP) is 3.85. The number of nitrogens with zero attached hydrogens (tertiary/aromatic N) is 1. The summed E-state index contributed by atoms with van der Waals surface area (Å²) in [7, 11) is 2.91. The number of hydrogen-bond donors (Lipinski definition) is 2. The summed E-state index contributed by atoms with van der Waals surface area (Å²) >= 11 is 0. The number of phenolic OH excluding ortho intramolecular Hbond substituents is 1. The standard InChI is InChI=1S/C24H23NO6/c1-28-20-12-16(13-21(29-2)23(20)27)24-22(14-26)30-18-9-7-15(11-19(18)31-24)6-8-17-5-3-4-10-25-17/h3-13,22,24,26-27H,14H2,1-2H3/b8-6+/t22-,24-/m0/s1. The molecule has 0 saturated heterocycles. The Bertz CT molecular complexity index is 1060. The first kappa shape index (κ1) is 20.6. The number of hydrogen-bond acceptors (Lipinski definition) is 7.